The number of halogens is 3. The molecule has 1 N–H and O–H groups in total. The molecule has 0 aliphatic rings. The predicted molar refractivity (Wildman–Crippen MR) is 76.5 cm³/mol. The van der Waals surface area contributed by atoms with E-state index in [9.17, 15) is 13.2 Å². The first-order chi connectivity index (χ1) is 9.62. The summed E-state index contributed by atoms with van der Waals surface area (Å²) in [5.41, 5.74) is 1.57. The summed E-state index contributed by atoms with van der Waals surface area (Å²) in [5, 5.41) is 3.19. The fourth-order valence-electron chi connectivity index (χ4n) is 1.66. The Kier molecular flexibility index (Phi) is 6.01. The maximum atomic E-state index is 12.2. The van der Waals surface area contributed by atoms with Crippen LogP contribution in [-0.2, 0) is 12.0 Å². The van der Waals surface area contributed by atoms with Crippen LogP contribution in [0.2, 0.25) is 0 Å². The molecule has 0 saturated carbocycles. The van der Waals surface area contributed by atoms with Gasteiger partial charge in [-0.05, 0) is 18.2 Å². The molecule has 0 radical (unpaired) electrons. The number of nitrogens with zero attached hydrogens (tertiary/aromatic N) is 1. The highest BCUT2D eigenvalue weighted by molar-refractivity contribution is 5.28. The molecule has 1 aromatic heterocycles. The number of pyridine rings is 1. The maximum absolute atomic E-state index is 12.2. The van der Waals surface area contributed by atoms with E-state index < -0.39 is 19.2 Å². The maximum Gasteiger partial charge on any atom is 0.392 e. The van der Waals surface area contributed by atoms with Crippen LogP contribution in [0.3, 0.4) is 0 Å². The molecule has 1 rings (SSSR count). The van der Waals surface area contributed by atoms with E-state index in [4.69, 9.17) is 4.74 Å². The Morgan fingerprint density at radius 3 is 2.38 bits per heavy atom. The molecule has 1 heterocycles. The Labute approximate surface area is 123 Å². The largest absolute Gasteiger partial charge is 0.477 e. The predicted octanol–water partition coefficient (Wildman–Crippen LogP) is 3.82. The SMILES string of the molecule is CCNCc1cc(OCCC(F)(F)F)nc(C(C)(C)C)c1. The van der Waals surface area contributed by atoms with Gasteiger partial charge in [-0.15, -0.1) is 0 Å². The van der Waals surface area contributed by atoms with E-state index in [1.807, 2.05) is 33.8 Å². The lowest BCUT2D eigenvalue weighted by atomic mass is 9.91. The number of alkyl halides is 3. The minimum absolute atomic E-state index is 0.190. The molecule has 3 nitrogen and oxygen atoms in total. The van der Waals surface area contributed by atoms with Gasteiger partial charge < -0.3 is 10.1 Å². The molecule has 0 saturated heterocycles. The average molecular weight is 304 g/mol. The van der Waals surface area contributed by atoms with Crippen LogP contribution in [-0.4, -0.2) is 24.3 Å². The van der Waals surface area contributed by atoms with Crippen molar-refractivity contribution in [3.63, 3.8) is 0 Å². The van der Waals surface area contributed by atoms with Crippen LogP contribution in [0.25, 0.3) is 0 Å². The molecule has 0 aliphatic heterocycles. The van der Waals surface area contributed by atoms with Gasteiger partial charge in [-0.25, -0.2) is 4.98 Å². The van der Waals surface area contributed by atoms with Crippen molar-refractivity contribution in [2.45, 2.75) is 52.3 Å². The third-order valence-electron chi connectivity index (χ3n) is 2.84. The number of rotatable bonds is 6. The van der Waals surface area contributed by atoms with Gasteiger partial charge in [0.1, 0.15) is 0 Å². The summed E-state index contributed by atoms with van der Waals surface area (Å²) in [5.74, 6) is 0.250. The van der Waals surface area contributed by atoms with Gasteiger partial charge >= 0.3 is 6.18 Å². The quantitative estimate of drug-likeness (QED) is 0.867. The van der Waals surface area contributed by atoms with Gasteiger partial charge in [-0.1, -0.05) is 27.7 Å². The van der Waals surface area contributed by atoms with E-state index in [-0.39, 0.29) is 11.3 Å². The Hall–Kier alpha value is -1.30. The molecule has 0 atom stereocenters. The van der Waals surface area contributed by atoms with Gasteiger partial charge in [0.15, 0.2) is 0 Å². The van der Waals surface area contributed by atoms with Crippen molar-refractivity contribution in [3.8, 4) is 5.88 Å². The zero-order chi connectivity index (χ0) is 16.1. The average Bonchev–Trinajstić information content (AvgIpc) is 2.33. The number of hydrogen-bond acceptors (Lipinski definition) is 3. The van der Waals surface area contributed by atoms with Crippen molar-refractivity contribution in [1.29, 1.82) is 0 Å². The van der Waals surface area contributed by atoms with Crippen LogP contribution in [0.1, 0.15) is 45.4 Å². The first kappa shape index (κ1) is 17.8. The van der Waals surface area contributed by atoms with Gasteiger partial charge in [0, 0.05) is 18.0 Å². The van der Waals surface area contributed by atoms with E-state index in [0.29, 0.717) is 6.54 Å². The summed E-state index contributed by atoms with van der Waals surface area (Å²) in [6, 6.07) is 3.65. The fourth-order valence-corrected chi connectivity index (χ4v) is 1.66. The molecule has 0 amide bonds. The minimum atomic E-state index is -4.21. The van der Waals surface area contributed by atoms with Crippen molar-refractivity contribution < 1.29 is 17.9 Å². The van der Waals surface area contributed by atoms with Gasteiger partial charge in [-0.3, -0.25) is 0 Å². The van der Waals surface area contributed by atoms with Crippen LogP contribution in [0.15, 0.2) is 12.1 Å². The Morgan fingerprint density at radius 1 is 1.19 bits per heavy atom. The molecule has 6 heteroatoms. The molecular formula is C15H23F3N2O. The Balaban J connectivity index is 2.86. The third-order valence-corrected chi connectivity index (χ3v) is 2.84. The molecule has 0 bridgehead atoms. The lowest BCUT2D eigenvalue weighted by Gasteiger charge is -2.20. The van der Waals surface area contributed by atoms with Crippen LogP contribution >= 0.6 is 0 Å². The molecule has 120 valence electrons. The smallest absolute Gasteiger partial charge is 0.392 e. The van der Waals surface area contributed by atoms with Crippen LogP contribution in [0.5, 0.6) is 5.88 Å². The highest BCUT2D eigenvalue weighted by atomic mass is 19.4. The number of hydrogen-bond donors (Lipinski definition) is 1. The summed E-state index contributed by atoms with van der Waals surface area (Å²) in [6.45, 7) is 9.05. The Morgan fingerprint density at radius 2 is 1.86 bits per heavy atom. The number of nitrogens with one attached hydrogen (secondary N) is 1. The molecule has 0 spiro atoms. The normalized spacial score (nSPS) is 12.5. The highest BCUT2D eigenvalue weighted by Gasteiger charge is 2.27. The van der Waals surface area contributed by atoms with Crippen molar-refractivity contribution >= 4 is 0 Å². The van der Waals surface area contributed by atoms with Crippen LogP contribution in [0, 0.1) is 0 Å². The van der Waals surface area contributed by atoms with E-state index in [0.717, 1.165) is 17.8 Å². The van der Waals surface area contributed by atoms with E-state index in [1.165, 1.54) is 0 Å². The standard InChI is InChI=1S/C15H23F3N2O/c1-5-19-10-11-8-12(14(2,3)4)20-13(9-11)21-7-6-15(16,17)18/h8-9,19H,5-7,10H2,1-4H3. The van der Waals surface area contributed by atoms with Crippen LogP contribution < -0.4 is 10.1 Å². The monoisotopic (exact) mass is 304 g/mol. The molecule has 0 aliphatic carbocycles. The zero-order valence-electron chi connectivity index (χ0n) is 13.0. The van der Waals surface area contributed by atoms with Gasteiger partial charge in [0.05, 0.1) is 18.7 Å². The molecular weight excluding hydrogens is 281 g/mol. The molecule has 21 heavy (non-hydrogen) atoms. The summed E-state index contributed by atoms with van der Waals surface area (Å²) in [6.07, 6.45) is -5.19. The topological polar surface area (TPSA) is 34.1 Å². The lowest BCUT2D eigenvalue weighted by Crippen LogP contribution is -2.18. The van der Waals surface area contributed by atoms with Gasteiger partial charge in [-0.2, -0.15) is 13.2 Å². The molecule has 0 aromatic carbocycles. The van der Waals surface area contributed by atoms with Gasteiger partial charge in [0.2, 0.25) is 5.88 Å². The first-order valence-corrected chi connectivity index (χ1v) is 7.03. The molecule has 1 aromatic rings. The van der Waals surface area contributed by atoms with Crippen molar-refractivity contribution in [2.75, 3.05) is 13.2 Å². The second kappa shape index (κ2) is 7.11. The highest BCUT2D eigenvalue weighted by Crippen LogP contribution is 2.25. The van der Waals surface area contributed by atoms with Crippen LogP contribution in [0.4, 0.5) is 13.2 Å². The summed E-state index contributed by atoms with van der Waals surface area (Å²) in [4.78, 5) is 4.31. The second-order valence-corrected chi connectivity index (χ2v) is 5.94. The molecule has 0 unspecified atom stereocenters. The number of aromatic nitrogens is 1. The first-order valence-electron chi connectivity index (χ1n) is 7.03. The van der Waals surface area contributed by atoms with Gasteiger partial charge in [0.25, 0.3) is 0 Å². The lowest BCUT2D eigenvalue weighted by molar-refractivity contribution is -0.139. The molecule has 0 fully saturated rings. The fraction of sp³-hybridized carbons (Fsp3) is 0.667. The Bertz CT molecular complexity index is 453. The number of ether oxygens (including phenoxy) is 1. The third kappa shape index (κ3) is 6.80. The van der Waals surface area contributed by atoms with E-state index >= 15 is 0 Å². The summed E-state index contributed by atoms with van der Waals surface area (Å²) >= 11 is 0. The van der Waals surface area contributed by atoms with E-state index in [2.05, 4.69) is 10.3 Å². The summed E-state index contributed by atoms with van der Waals surface area (Å²) in [7, 11) is 0. The minimum Gasteiger partial charge on any atom is -0.477 e. The van der Waals surface area contributed by atoms with Crippen molar-refractivity contribution in [3.05, 3.63) is 23.4 Å². The second-order valence-electron chi connectivity index (χ2n) is 5.94. The van der Waals surface area contributed by atoms with Crippen molar-refractivity contribution in [1.82, 2.24) is 10.3 Å². The summed E-state index contributed by atoms with van der Waals surface area (Å²) < 4.78 is 41.7. The van der Waals surface area contributed by atoms with Crippen molar-refractivity contribution in [2.24, 2.45) is 0 Å². The van der Waals surface area contributed by atoms with E-state index in [1.54, 1.807) is 6.07 Å². The zero-order valence-corrected chi connectivity index (χ0v) is 13.0.